The molecule has 5 heteroatoms. The van der Waals surface area contributed by atoms with Gasteiger partial charge < -0.3 is 15.4 Å². The van der Waals surface area contributed by atoms with Crippen LogP contribution in [-0.2, 0) is 6.54 Å². The van der Waals surface area contributed by atoms with Crippen LogP contribution in [-0.4, -0.2) is 18.0 Å². The lowest BCUT2D eigenvalue weighted by Crippen LogP contribution is -2.23. The van der Waals surface area contributed by atoms with Crippen LogP contribution in [0.3, 0.4) is 0 Å². The van der Waals surface area contributed by atoms with E-state index >= 15 is 0 Å². The first kappa shape index (κ1) is 17.5. The van der Waals surface area contributed by atoms with E-state index in [1.54, 1.807) is 25.6 Å². The second-order valence-corrected chi connectivity index (χ2v) is 5.98. The Balaban J connectivity index is 1.63. The summed E-state index contributed by atoms with van der Waals surface area (Å²) in [7, 11) is 1.63. The summed E-state index contributed by atoms with van der Waals surface area (Å²) >= 11 is 0. The van der Waals surface area contributed by atoms with Crippen molar-refractivity contribution >= 4 is 17.3 Å². The van der Waals surface area contributed by atoms with E-state index in [0.717, 1.165) is 22.7 Å². The molecule has 3 aromatic rings. The highest BCUT2D eigenvalue weighted by atomic mass is 16.5. The fourth-order valence-electron chi connectivity index (χ4n) is 2.46. The van der Waals surface area contributed by atoms with Crippen molar-refractivity contribution in [2.45, 2.75) is 13.5 Å². The molecule has 0 atom stereocenters. The molecule has 0 fully saturated rings. The van der Waals surface area contributed by atoms with Crippen LogP contribution >= 0.6 is 0 Å². The van der Waals surface area contributed by atoms with Gasteiger partial charge in [-0.3, -0.25) is 9.78 Å². The highest BCUT2D eigenvalue weighted by Crippen LogP contribution is 2.20. The fourth-order valence-corrected chi connectivity index (χ4v) is 2.46. The van der Waals surface area contributed by atoms with E-state index in [4.69, 9.17) is 4.74 Å². The quantitative estimate of drug-likeness (QED) is 0.705. The summed E-state index contributed by atoms with van der Waals surface area (Å²) in [5.74, 6) is 0.634. The number of hydrogen-bond donors (Lipinski definition) is 2. The minimum atomic E-state index is -0.156. The molecule has 0 aliphatic heterocycles. The van der Waals surface area contributed by atoms with Gasteiger partial charge in [-0.2, -0.15) is 0 Å². The zero-order valence-corrected chi connectivity index (χ0v) is 14.8. The van der Waals surface area contributed by atoms with Gasteiger partial charge in [-0.25, -0.2) is 0 Å². The maximum atomic E-state index is 12.4. The monoisotopic (exact) mass is 347 g/mol. The van der Waals surface area contributed by atoms with Crippen LogP contribution in [0.1, 0.15) is 21.5 Å². The highest BCUT2D eigenvalue weighted by Gasteiger charge is 2.07. The number of rotatable bonds is 6. The second-order valence-electron chi connectivity index (χ2n) is 5.98. The lowest BCUT2D eigenvalue weighted by Gasteiger charge is -2.09. The van der Waals surface area contributed by atoms with Crippen LogP contribution in [0, 0.1) is 6.92 Å². The van der Waals surface area contributed by atoms with Gasteiger partial charge >= 0.3 is 0 Å². The van der Waals surface area contributed by atoms with E-state index in [2.05, 4.69) is 15.6 Å². The van der Waals surface area contributed by atoms with Crippen molar-refractivity contribution in [3.8, 4) is 5.75 Å². The average Bonchev–Trinajstić information content (AvgIpc) is 2.68. The topological polar surface area (TPSA) is 63.2 Å². The van der Waals surface area contributed by atoms with Gasteiger partial charge in [-0.15, -0.1) is 0 Å². The van der Waals surface area contributed by atoms with E-state index < -0.39 is 0 Å². The van der Waals surface area contributed by atoms with E-state index in [9.17, 15) is 4.79 Å². The first-order valence-corrected chi connectivity index (χ1v) is 8.34. The molecule has 5 nitrogen and oxygen atoms in total. The van der Waals surface area contributed by atoms with Crippen LogP contribution in [0.15, 0.2) is 67.0 Å². The number of pyridine rings is 1. The van der Waals surface area contributed by atoms with E-state index in [0.29, 0.717) is 12.1 Å². The molecular formula is C21H21N3O2. The SMILES string of the molecule is COc1ccc(Nc2cncc(C(=O)NCc3ccc(C)cc3)c2)cc1. The van der Waals surface area contributed by atoms with Gasteiger partial charge in [0.2, 0.25) is 0 Å². The van der Waals surface area contributed by atoms with Gasteiger partial charge in [0.25, 0.3) is 5.91 Å². The van der Waals surface area contributed by atoms with Crippen molar-refractivity contribution in [3.05, 3.63) is 83.7 Å². The van der Waals surface area contributed by atoms with Gasteiger partial charge in [-0.1, -0.05) is 29.8 Å². The summed E-state index contributed by atoms with van der Waals surface area (Å²) in [5.41, 5.74) is 4.41. The van der Waals surface area contributed by atoms with Crippen molar-refractivity contribution in [1.29, 1.82) is 0 Å². The molecule has 0 aliphatic rings. The molecule has 1 aromatic heterocycles. The average molecular weight is 347 g/mol. The molecule has 0 radical (unpaired) electrons. The molecule has 0 saturated carbocycles. The summed E-state index contributed by atoms with van der Waals surface area (Å²) in [6, 6.07) is 17.4. The van der Waals surface area contributed by atoms with Gasteiger partial charge in [0.1, 0.15) is 5.75 Å². The molecule has 2 aromatic carbocycles. The Bertz CT molecular complexity index is 875. The number of hydrogen-bond acceptors (Lipinski definition) is 4. The molecule has 0 aliphatic carbocycles. The molecule has 0 unspecified atom stereocenters. The summed E-state index contributed by atoms with van der Waals surface area (Å²) < 4.78 is 5.15. The molecule has 2 N–H and O–H groups in total. The number of carbonyl (C=O) groups excluding carboxylic acids is 1. The Kier molecular flexibility index (Phi) is 5.49. The van der Waals surface area contributed by atoms with Crippen molar-refractivity contribution in [2.24, 2.45) is 0 Å². The Morgan fingerprint density at radius 2 is 1.73 bits per heavy atom. The lowest BCUT2D eigenvalue weighted by molar-refractivity contribution is 0.0950. The Labute approximate surface area is 153 Å². The number of carbonyl (C=O) groups is 1. The maximum Gasteiger partial charge on any atom is 0.253 e. The number of anilines is 2. The summed E-state index contributed by atoms with van der Waals surface area (Å²) in [4.78, 5) is 16.5. The third-order valence-corrected chi connectivity index (χ3v) is 3.95. The number of amides is 1. The first-order chi connectivity index (χ1) is 12.6. The number of nitrogens with one attached hydrogen (secondary N) is 2. The van der Waals surface area contributed by atoms with E-state index in [-0.39, 0.29) is 5.91 Å². The third kappa shape index (κ3) is 4.60. The molecule has 26 heavy (non-hydrogen) atoms. The molecular weight excluding hydrogens is 326 g/mol. The van der Waals surface area contributed by atoms with E-state index in [1.807, 2.05) is 55.5 Å². The smallest absolute Gasteiger partial charge is 0.253 e. The molecule has 0 bridgehead atoms. The van der Waals surface area contributed by atoms with Crippen molar-refractivity contribution in [1.82, 2.24) is 10.3 Å². The number of methoxy groups -OCH3 is 1. The zero-order valence-electron chi connectivity index (χ0n) is 14.8. The molecule has 1 heterocycles. The zero-order chi connectivity index (χ0) is 18.4. The Hall–Kier alpha value is -3.34. The third-order valence-electron chi connectivity index (χ3n) is 3.95. The standard InChI is InChI=1S/C21H21N3O2/c1-15-3-5-16(6-4-15)12-23-21(25)17-11-19(14-22-13-17)24-18-7-9-20(26-2)10-8-18/h3-11,13-14,24H,12H2,1-2H3,(H,23,25). The highest BCUT2D eigenvalue weighted by molar-refractivity contribution is 5.94. The van der Waals surface area contributed by atoms with Crippen LogP contribution in [0.5, 0.6) is 5.75 Å². The molecule has 1 amide bonds. The van der Waals surface area contributed by atoms with Crippen LogP contribution in [0.25, 0.3) is 0 Å². The lowest BCUT2D eigenvalue weighted by atomic mass is 10.1. The van der Waals surface area contributed by atoms with Crippen molar-refractivity contribution < 1.29 is 9.53 Å². The van der Waals surface area contributed by atoms with Crippen LogP contribution < -0.4 is 15.4 Å². The minimum absolute atomic E-state index is 0.156. The van der Waals surface area contributed by atoms with Crippen LogP contribution in [0.4, 0.5) is 11.4 Å². The van der Waals surface area contributed by atoms with Gasteiger partial charge in [0.05, 0.1) is 24.6 Å². The maximum absolute atomic E-state index is 12.4. The number of nitrogens with zero attached hydrogens (tertiary/aromatic N) is 1. The van der Waals surface area contributed by atoms with Crippen LogP contribution in [0.2, 0.25) is 0 Å². The largest absolute Gasteiger partial charge is 0.497 e. The first-order valence-electron chi connectivity index (χ1n) is 8.34. The van der Waals surface area contributed by atoms with Crippen molar-refractivity contribution in [2.75, 3.05) is 12.4 Å². The normalized spacial score (nSPS) is 10.2. The molecule has 132 valence electrons. The number of ether oxygens (including phenoxy) is 1. The summed E-state index contributed by atoms with van der Waals surface area (Å²) in [6.45, 7) is 2.52. The minimum Gasteiger partial charge on any atom is -0.497 e. The van der Waals surface area contributed by atoms with Gasteiger partial charge in [-0.05, 0) is 42.8 Å². The van der Waals surface area contributed by atoms with E-state index in [1.165, 1.54) is 5.56 Å². The predicted molar refractivity (Wildman–Crippen MR) is 103 cm³/mol. The summed E-state index contributed by atoms with van der Waals surface area (Å²) in [6.07, 6.45) is 3.24. The number of aromatic nitrogens is 1. The summed E-state index contributed by atoms with van der Waals surface area (Å²) in [5, 5.41) is 6.15. The van der Waals surface area contributed by atoms with Crippen molar-refractivity contribution in [3.63, 3.8) is 0 Å². The Morgan fingerprint density at radius 1 is 1.00 bits per heavy atom. The number of aryl methyl sites for hydroxylation is 1. The number of benzene rings is 2. The van der Waals surface area contributed by atoms with Gasteiger partial charge in [0, 0.05) is 18.4 Å². The molecule has 0 spiro atoms. The molecule has 3 rings (SSSR count). The Morgan fingerprint density at radius 3 is 2.42 bits per heavy atom. The predicted octanol–water partition coefficient (Wildman–Crippen LogP) is 4.07. The second kappa shape index (κ2) is 8.16. The fraction of sp³-hybridized carbons (Fsp3) is 0.143. The molecule has 0 saturated heterocycles. The van der Waals surface area contributed by atoms with Gasteiger partial charge in [0.15, 0.2) is 0 Å².